The number of rotatable bonds is 4. The third-order valence-electron chi connectivity index (χ3n) is 3.42. The minimum absolute atomic E-state index is 0.116. The van der Waals surface area contributed by atoms with Gasteiger partial charge in [-0.2, -0.15) is 0 Å². The van der Waals surface area contributed by atoms with Crippen LogP contribution < -0.4 is 0 Å². The maximum absolute atomic E-state index is 6.12. The van der Waals surface area contributed by atoms with E-state index in [-0.39, 0.29) is 12.4 Å². The molecule has 2 aromatic carbocycles. The molecule has 0 atom stereocenters. The first-order valence-corrected chi connectivity index (χ1v) is 7.81. The van der Waals surface area contributed by atoms with Crippen LogP contribution in [0.15, 0.2) is 48.5 Å². The van der Waals surface area contributed by atoms with Crippen molar-refractivity contribution < 1.29 is 14.2 Å². The first-order valence-electron chi connectivity index (χ1n) is 7.06. The zero-order valence-electron chi connectivity index (χ0n) is 11.9. The molecule has 1 aliphatic heterocycles. The Morgan fingerprint density at radius 2 is 1.73 bits per heavy atom. The average molecular weight is 339 g/mol. The summed E-state index contributed by atoms with van der Waals surface area (Å²) >= 11 is 12.1. The molecule has 0 unspecified atom stereocenters. The molecule has 0 saturated carbocycles. The van der Waals surface area contributed by atoms with Gasteiger partial charge in [0, 0.05) is 15.6 Å². The number of halogens is 2. The number of benzene rings is 2. The fourth-order valence-corrected chi connectivity index (χ4v) is 2.61. The molecule has 0 spiro atoms. The summed E-state index contributed by atoms with van der Waals surface area (Å²) in [7, 11) is 0. The molecule has 0 aromatic heterocycles. The van der Waals surface area contributed by atoms with Gasteiger partial charge in [0.25, 0.3) is 0 Å². The maximum atomic E-state index is 6.12. The topological polar surface area (TPSA) is 27.7 Å². The standard InChI is InChI=1S/C17H16Cl2O3/c18-14-6-7-16(19)13(8-14)9-20-15-10-21-17(22-11-15)12-4-2-1-3-5-12/h1-8,15,17H,9-11H2/t15-,17+. The molecule has 1 fully saturated rings. The molecular weight excluding hydrogens is 323 g/mol. The van der Waals surface area contributed by atoms with Crippen molar-refractivity contribution in [1.82, 2.24) is 0 Å². The number of hydrogen-bond donors (Lipinski definition) is 0. The lowest BCUT2D eigenvalue weighted by molar-refractivity contribution is -0.232. The highest BCUT2D eigenvalue weighted by molar-refractivity contribution is 6.33. The maximum Gasteiger partial charge on any atom is 0.184 e. The molecule has 3 rings (SSSR count). The van der Waals surface area contributed by atoms with Crippen LogP contribution in [0.5, 0.6) is 0 Å². The Labute approximate surface area is 139 Å². The van der Waals surface area contributed by atoms with Gasteiger partial charge in [0.2, 0.25) is 0 Å². The van der Waals surface area contributed by atoms with Gasteiger partial charge in [-0.05, 0) is 23.8 Å². The van der Waals surface area contributed by atoms with Gasteiger partial charge < -0.3 is 14.2 Å². The minimum Gasteiger partial charge on any atom is -0.369 e. The number of ether oxygens (including phenoxy) is 3. The Morgan fingerprint density at radius 1 is 1.00 bits per heavy atom. The van der Waals surface area contributed by atoms with E-state index in [0.717, 1.165) is 11.1 Å². The SMILES string of the molecule is Clc1ccc(Cl)c(CO[C@H]2CO[C@@H](c3ccccc3)OC2)c1. The average Bonchev–Trinajstić information content (AvgIpc) is 2.57. The summed E-state index contributed by atoms with van der Waals surface area (Å²) in [6.45, 7) is 1.35. The van der Waals surface area contributed by atoms with Crippen molar-refractivity contribution in [3.8, 4) is 0 Å². The Bertz CT molecular complexity index is 611. The Balaban J connectivity index is 1.51. The van der Waals surface area contributed by atoms with Crippen molar-refractivity contribution in [1.29, 1.82) is 0 Å². The van der Waals surface area contributed by atoms with Gasteiger partial charge >= 0.3 is 0 Å². The second kappa shape index (κ2) is 7.44. The van der Waals surface area contributed by atoms with E-state index in [9.17, 15) is 0 Å². The van der Waals surface area contributed by atoms with Crippen LogP contribution in [-0.4, -0.2) is 19.3 Å². The quantitative estimate of drug-likeness (QED) is 0.813. The second-order valence-electron chi connectivity index (χ2n) is 5.08. The van der Waals surface area contributed by atoms with Gasteiger partial charge in [0.1, 0.15) is 6.10 Å². The fourth-order valence-electron chi connectivity index (χ4n) is 2.25. The third kappa shape index (κ3) is 4.00. The fraction of sp³-hybridized carbons (Fsp3) is 0.294. The Kier molecular flexibility index (Phi) is 5.34. The van der Waals surface area contributed by atoms with E-state index in [0.29, 0.717) is 29.9 Å². The monoisotopic (exact) mass is 338 g/mol. The first-order chi connectivity index (χ1) is 10.7. The molecular formula is C17H16Cl2O3. The number of hydrogen-bond acceptors (Lipinski definition) is 3. The van der Waals surface area contributed by atoms with Gasteiger partial charge in [-0.15, -0.1) is 0 Å². The minimum atomic E-state index is -0.323. The largest absolute Gasteiger partial charge is 0.369 e. The van der Waals surface area contributed by atoms with E-state index in [1.807, 2.05) is 30.3 Å². The summed E-state index contributed by atoms with van der Waals surface area (Å²) < 4.78 is 17.2. The zero-order chi connectivity index (χ0) is 15.4. The van der Waals surface area contributed by atoms with E-state index in [1.54, 1.807) is 18.2 Å². The summed E-state index contributed by atoms with van der Waals surface area (Å²) in [5, 5.41) is 1.28. The normalized spacial score (nSPS) is 21.7. The molecule has 1 saturated heterocycles. The van der Waals surface area contributed by atoms with Gasteiger partial charge in [-0.25, -0.2) is 0 Å². The highest BCUT2D eigenvalue weighted by Gasteiger charge is 2.24. The Hall–Kier alpha value is -1.10. The smallest absolute Gasteiger partial charge is 0.184 e. The summed E-state index contributed by atoms with van der Waals surface area (Å²) in [5.74, 6) is 0. The van der Waals surface area contributed by atoms with E-state index in [2.05, 4.69) is 0 Å². The van der Waals surface area contributed by atoms with Gasteiger partial charge in [-0.3, -0.25) is 0 Å². The highest BCUT2D eigenvalue weighted by Crippen LogP contribution is 2.25. The lowest BCUT2D eigenvalue weighted by atomic mass is 10.2. The van der Waals surface area contributed by atoms with Crippen molar-refractivity contribution in [2.24, 2.45) is 0 Å². The van der Waals surface area contributed by atoms with Crippen LogP contribution in [0.3, 0.4) is 0 Å². The van der Waals surface area contributed by atoms with Gasteiger partial charge in [-0.1, -0.05) is 53.5 Å². The van der Waals surface area contributed by atoms with Gasteiger partial charge in [0.15, 0.2) is 6.29 Å². The molecule has 3 nitrogen and oxygen atoms in total. The molecule has 0 amide bonds. The molecule has 2 aromatic rings. The molecule has 22 heavy (non-hydrogen) atoms. The predicted molar refractivity (Wildman–Crippen MR) is 86.1 cm³/mol. The summed E-state index contributed by atoms with van der Waals surface area (Å²) in [5.41, 5.74) is 1.87. The van der Waals surface area contributed by atoms with E-state index < -0.39 is 0 Å². The summed E-state index contributed by atoms with van der Waals surface area (Å²) in [6.07, 6.45) is -0.439. The van der Waals surface area contributed by atoms with Crippen molar-refractivity contribution in [2.75, 3.05) is 13.2 Å². The molecule has 5 heteroatoms. The van der Waals surface area contributed by atoms with Crippen LogP contribution in [0.2, 0.25) is 10.0 Å². The lowest BCUT2D eigenvalue weighted by Crippen LogP contribution is -2.33. The molecule has 116 valence electrons. The third-order valence-corrected chi connectivity index (χ3v) is 4.02. The van der Waals surface area contributed by atoms with Crippen molar-refractivity contribution in [3.63, 3.8) is 0 Å². The molecule has 0 radical (unpaired) electrons. The molecule has 1 aliphatic rings. The van der Waals surface area contributed by atoms with E-state index >= 15 is 0 Å². The second-order valence-corrected chi connectivity index (χ2v) is 5.92. The summed E-state index contributed by atoms with van der Waals surface area (Å²) in [6, 6.07) is 15.2. The van der Waals surface area contributed by atoms with Crippen LogP contribution >= 0.6 is 23.2 Å². The van der Waals surface area contributed by atoms with Crippen molar-refractivity contribution in [3.05, 3.63) is 69.7 Å². The van der Waals surface area contributed by atoms with Crippen molar-refractivity contribution >= 4 is 23.2 Å². The zero-order valence-corrected chi connectivity index (χ0v) is 13.4. The van der Waals surface area contributed by atoms with Crippen LogP contribution in [0, 0.1) is 0 Å². The van der Waals surface area contributed by atoms with Gasteiger partial charge in [0.05, 0.1) is 19.8 Å². The first kappa shape index (κ1) is 15.8. The Morgan fingerprint density at radius 3 is 2.45 bits per heavy atom. The molecule has 0 aliphatic carbocycles. The summed E-state index contributed by atoms with van der Waals surface area (Å²) in [4.78, 5) is 0. The van der Waals surface area contributed by atoms with Crippen LogP contribution in [-0.2, 0) is 20.8 Å². The lowest BCUT2D eigenvalue weighted by Gasteiger charge is -2.29. The van der Waals surface area contributed by atoms with Crippen LogP contribution in [0.4, 0.5) is 0 Å². The van der Waals surface area contributed by atoms with Crippen molar-refractivity contribution in [2.45, 2.75) is 19.0 Å². The predicted octanol–water partition coefficient (Wildman–Crippen LogP) is 4.62. The molecule has 0 bridgehead atoms. The van der Waals surface area contributed by atoms with E-state index in [4.69, 9.17) is 37.4 Å². The van der Waals surface area contributed by atoms with Crippen LogP contribution in [0.1, 0.15) is 17.4 Å². The highest BCUT2D eigenvalue weighted by atomic mass is 35.5. The van der Waals surface area contributed by atoms with E-state index in [1.165, 1.54) is 0 Å². The van der Waals surface area contributed by atoms with Crippen LogP contribution in [0.25, 0.3) is 0 Å². The molecule has 0 N–H and O–H groups in total. The molecule has 1 heterocycles.